The van der Waals surface area contributed by atoms with Crippen LogP contribution in [0.2, 0.25) is 0 Å². The number of ether oxygens (including phenoxy) is 1. The summed E-state index contributed by atoms with van der Waals surface area (Å²) in [6.07, 6.45) is 0.492. The SMILES string of the molecule is Cc1ccc(S(=O)(=O)Oc2ccc(/C=C3\N=C(c4ccccc4)[C@H](C(C)C)N(C(=O)OC(C)(C)C)C3=O)cc2OS(=O)(=O)c2ccc(C)cc2)cc1. The number of carbonyl (C=O) groups excluding carboxylic acids is 2. The fourth-order valence-corrected chi connectivity index (χ4v) is 7.20. The van der Waals surface area contributed by atoms with Crippen LogP contribution in [-0.4, -0.2) is 51.1 Å². The highest BCUT2D eigenvalue weighted by molar-refractivity contribution is 7.87. The summed E-state index contributed by atoms with van der Waals surface area (Å²) in [6, 6.07) is 24.0. The van der Waals surface area contributed by atoms with Crippen LogP contribution in [0, 0.1) is 19.8 Å². The minimum Gasteiger partial charge on any atom is -0.443 e. The summed E-state index contributed by atoms with van der Waals surface area (Å²) in [6.45, 7) is 12.4. The van der Waals surface area contributed by atoms with E-state index in [0.717, 1.165) is 16.0 Å². The predicted molar refractivity (Wildman–Crippen MR) is 197 cm³/mol. The average Bonchev–Trinajstić information content (AvgIpc) is 3.06. The molecule has 11 nitrogen and oxygen atoms in total. The number of hydrogen-bond acceptors (Lipinski definition) is 10. The van der Waals surface area contributed by atoms with Gasteiger partial charge in [-0.3, -0.25) is 4.79 Å². The Morgan fingerprint density at radius 1 is 0.769 bits per heavy atom. The van der Waals surface area contributed by atoms with Crippen LogP contribution >= 0.6 is 0 Å². The van der Waals surface area contributed by atoms with Gasteiger partial charge in [0, 0.05) is 0 Å². The molecular weight excluding hydrogens is 705 g/mol. The fourth-order valence-electron chi connectivity index (χ4n) is 5.32. The number of aliphatic imine (C=N–C) groups is 1. The summed E-state index contributed by atoms with van der Waals surface area (Å²) in [5.74, 6) is -1.89. The molecule has 0 spiro atoms. The van der Waals surface area contributed by atoms with Crippen molar-refractivity contribution in [2.75, 3.05) is 0 Å². The Morgan fingerprint density at radius 2 is 1.29 bits per heavy atom. The minimum absolute atomic E-state index is 0.158. The summed E-state index contributed by atoms with van der Waals surface area (Å²) >= 11 is 0. The van der Waals surface area contributed by atoms with Crippen LogP contribution in [0.4, 0.5) is 4.79 Å². The zero-order chi connectivity index (χ0) is 38.0. The molecule has 0 aliphatic carbocycles. The van der Waals surface area contributed by atoms with Gasteiger partial charge < -0.3 is 13.1 Å². The summed E-state index contributed by atoms with van der Waals surface area (Å²) in [4.78, 5) is 33.2. The maximum Gasteiger partial charge on any atom is 0.418 e. The largest absolute Gasteiger partial charge is 0.443 e. The van der Waals surface area contributed by atoms with Crippen LogP contribution in [0.3, 0.4) is 0 Å². The number of amides is 2. The van der Waals surface area contributed by atoms with Crippen LogP contribution in [0.1, 0.15) is 56.9 Å². The number of nitrogens with zero attached hydrogens (tertiary/aromatic N) is 2. The van der Waals surface area contributed by atoms with Crippen LogP contribution in [0.5, 0.6) is 11.5 Å². The molecule has 1 atom stereocenters. The van der Waals surface area contributed by atoms with Crippen molar-refractivity contribution >= 4 is 44.0 Å². The third-order valence-electron chi connectivity index (χ3n) is 7.82. The molecule has 1 aliphatic heterocycles. The van der Waals surface area contributed by atoms with E-state index < -0.39 is 55.4 Å². The Hall–Kier alpha value is -5.27. The number of carbonyl (C=O) groups is 2. The lowest BCUT2D eigenvalue weighted by atomic mass is 9.90. The second kappa shape index (κ2) is 14.8. The number of imide groups is 1. The van der Waals surface area contributed by atoms with Crippen LogP contribution in [-0.2, 0) is 29.8 Å². The second-order valence-corrected chi connectivity index (χ2v) is 16.7. The van der Waals surface area contributed by atoms with Crippen molar-refractivity contribution in [3.63, 3.8) is 0 Å². The molecule has 0 saturated heterocycles. The molecule has 0 radical (unpaired) electrons. The van der Waals surface area contributed by atoms with Crippen molar-refractivity contribution in [2.24, 2.45) is 10.9 Å². The normalized spacial score (nSPS) is 16.1. The fraction of sp³-hybridized carbons (Fsp3) is 0.256. The van der Waals surface area contributed by atoms with Gasteiger partial charge in [-0.05, 0) is 94.1 Å². The van der Waals surface area contributed by atoms with Gasteiger partial charge in [-0.15, -0.1) is 0 Å². The molecule has 0 N–H and O–H groups in total. The topological polar surface area (TPSA) is 146 Å². The smallest absolute Gasteiger partial charge is 0.418 e. The van der Waals surface area contributed by atoms with Gasteiger partial charge in [-0.1, -0.05) is 85.6 Å². The first kappa shape index (κ1) is 38.0. The Bertz CT molecular complexity index is 2260. The molecule has 1 heterocycles. The molecular formula is C39H40N2O9S2. The van der Waals surface area contributed by atoms with Crippen molar-refractivity contribution < 1.29 is 39.5 Å². The molecule has 4 aromatic rings. The molecule has 13 heteroatoms. The van der Waals surface area contributed by atoms with Crippen LogP contribution < -0.4 is 8.37 Å². The zero-order valence-electron chi connectivity index (χ0n) is 29.9. The molecule has 0 saturated carbocycles. The third kappa shape index (κ3) is 8.78. The third-order valence-corrected chi connectivity index (χ3v) is 10.3. The van der Waals surface area contributed by atoms with Crippen molar-refractivity contribution in [3.05, 3.63) is 125 Å². The van der Waals surface area contributed by atoms with E-state index in [9.17, 15) is 26.4 Å². The number of aryl methyl sites for hydroxylation is 2. The molecule has 5 rings (SSSR count). The second-order valence-electron chi connectivity index (χ2n) is 13.6. The van der Waals surface area contributed by atoms with Crippen molar-refractivity contribution in [1.82, 2.24) is 4.90 Å². The highest BCUT2D eigenvalue weighted by Gasteiger charge is 2.43. The van der Waals surface area contributed by atoms with E-state index in [2.05, 4.69) is 0 Å². The molecule has 0 bridgehead atoms. The monoisotopic (exact) mass is 744 g/mol. The molecule has 1 aliphatic rings. The van der Waals surface area contributed by atoms with Crippen molar-refractivity contribution in [1.29, 1.82) is 0 Å². The van der Waals surface area contributed by atoms with Gasteiger partial charge in [0.1, 0.15) is 21.1 Å². The standard InChI is InChI=1S/C39H40N2O9S2/c1-25(2)36-35(29-11-9-8-10-12-29)40-32(37(42)41(36)38(43)48-39(5,6)7)23-28-17-22-33(49-51(44,45)30-18-13-26(3)14-19-30)34(24-28)50-52(46,47)31-20-15-27(4)16-21-31/h8-25,36H,1-7H3/b32-23-/t36-/m0/s1. The number of benzene rings is 4. The number of hydrogen-bond donors (Lipinski definition) is 0. The lowest BCUT2D eigenvalue weighted by Crippen LogP contribution is -2.55. The van der Waals surface area contributed by atoms with Gasteiger partial charge in [0.2, 0.25) is 0 Å². The molecule has 0 aromatic heterocycles. The van der Waals surface area contributed by atoms with Crippen molar-refractivity contribution in [3.8, 4) is 11.5 Å². The Labute approximate surface area is 304 Å². The zero-order valence-corrected chi connectivity index (χ0v) is 31.5. The van der Waals surface area contributed by atoms with Gasteiger partial charge >= 0.3 is 26.3 Å². The molecule has 0 unspecified atom stereocenters. The molecule has 2 amide bonds. The Morgan fingerprint density at radius 3 is 1.79 bits per heavy atom. The maximum absolute atomic E-state index is 14.1. The van der Waals surface area contributed by atoms with Gasteiger partial charge in [-0.25, -0.2) is 14.7 Å². The summed E-state index contributed by atoms with van der Waals surface area (Å²) in [7, 11) is -8.93. The number of rotatable bonds is 9. The molecule has 52 heavy (non-hydrogen) atoms. The first-order chi connectivity index (χ1) is 24.3. The van der Waals surface area contributed by atoms with Gasteiger partial charge in [0.05, 0.1) is 11.8 Å². The van der Waals surface area contributed by atoms with Crippen LogP contribution in [0.15, 0.2) is 118 Å². The van der Waals surface area contributed by atoms with E-state index in [-0.39, 0.29) is 27.0 Å². The maximum atomic E-state index is 14.1. The quantitative estimate of drug-likeness (QED) is 0.126. The van der Waals surface area contributed by atoms with Gasteiger partial charge in [-0.2, -0.15) is 16.8 Å². The molecule has 272 valence electrons. The van der Waals surface area contributed by atoms with E-state index in [0.29, 0.717) is 11.3 Å². The first-order valence-corrected chi connectivity index (χ1v) is 19.2. The van der Waals surface area contributed by atoms with E-state index in [1.54, 1.807) is 58.9 Å². The first-order valence-electron chi connectivity index (χ1n) is 16.4. The molecule has 0 fully saturated rings. The summed E-state index contributed by atoms with van der Waals surface area (Å²) in [5, 5.41) is 0. The van der Waals surface area contributed by atoms with E-state index >= 15 is 0 Å². The Balaban J connectivity index is 1.65. The van der Waals surface area contributed by atoms with Gasteiger partial charge in [0.15, 0.2) is 11.5 Å². The summed E-state index contributed by atoms with van der Waals surface area (Å²) < 4.78 is 70.1. The predicted octanol–water partition coefficient (Wildman–Crippen LogP) is 7.47. The Kier molecular flexibility index (Phi) is 10.8. The summed E-state index contributed by atoms with van der Waals surface area (Å²) in [5.41, 5.74) is 1.88. The highest BCUT2D eigenvalue weighted by atomic mass is 32.2. The lowest BCUT2D eigenvalue weighted by Gasteiger charge is -2.38. The lowest BCUT2D eigenvalue weighted by molar-refractivity contribution is -0.128. The average molecular weight is 745 g/mol. The highest BCUT2D eigenvalue weighted by Crippen LogP contribution is 2.35. The van der Waals surface area contributed by atoms with E-state index in [1.165, 1.54) is 48.5 Å². The minimum atomic E-state index is -4.50. The van der Waals surface area contributed by atoms with Gasteiger partial charge in [0.25, 0.3) is 5.91 Å². The van der Waals surface area contributed by atoms with E-state index in [1.807, 2.05) is 44.2 Å². The van der Waals surface area contributed by atoms with Crippen LogP contribution in [0.25, 0.3) is 6.08 Å². The molecule has 4 aromatic carbocycles. The van der Waals surface area contributed by atoms with E-state index in [4.69, 9.17) is 18.1 Å². The van der Waals surface area contributed by atoms with Crippen molar-refractivity contribution in [2.45, 2.75) is 69.9 Å².